The molecule has 1 amide bonds. The van der Waals surface area contributed by atoms with Crippen LogP contribution in [0.1, 0.15) is 20.3 Å². The van der Waals surface area contributed by atoms with Crippen molar-refractivity contribution >= 4 is 28.4 Å². The fourth-order valence-corrected chi connectivity index (χ4v) is 3.82. The average molecular weight is 304 g/mol. The molecular weight excluding hydrogens is 274 g/mol. The molecule has 0 aromatic carbocycles. The Bertz CT molecular complexity index is 332. The Hall–Kier alpha value is -0.626. The summed E-state index contributed by atoms with van der Waals surface area (Å²) in [6.07, 6.45) is 0.795. The van der Waals surface area contributed by atoms with Gasteiger partial charge in [0.05, 0.1) is 0 Å². The fourth-order valence-electron chi connectivity index (χ4n) is 1.59. The lowest BCUT2D eigenvalue weighted by atomic mass is 10.1. The Labute approximate surface area is 119 Å². The van der Waals surface area contributed by atoms with Gasteiger partial charge in [0.1, 0.15) is 6.54 Å². The highest BCUT2D eigenvalue weighted by Crippen LogP contribution is 2.16. The van der Waals surface area contributed by atoms with Crippen LogP contribution in [0.5, 0.6) is 0 Å². The van der Waals surface area contributed by atoms with E-state index in [0.717, 1.165) is 6.42 Å². The van der Waals surface area contributed by atoms with Crippen molar-refractivity contribution in [2.45, 2.75) is 59.6 Å². The Balaban J connectivity index is 4.91. The maximum atomic E-state index is 12.4. The molecule has 0 N–H and O–H groups in total. The predicted octanol–water partition coefficient (Wildman–Crippen LogP) is 3.07. The molecule has 0 fully saturated rings. The summed E-state index contributed by atoms with van der Waals surface area (Å²) in [7, 11) is -3.76. The van der Waals surface area contributed by atoms with Crippen LogP contribution in [-0.4, -0.2) is 39.5 Å². The first kappa shape index (κ1) is 18.4. The van der Waals surface area contributed by atoms with E-state index in [0.29, 0.717) is 0 Å². The van der Waals surface area contributed by atoms with Crippen LogP contribution in [-0.2, 0) is 14.0 Å². The highest BCUT2D eigenvalue weighted by molar-refractivity contribution is 6.75. The third kappa shape index (κ3) is 6.91. The molecule has 0 saturated heterocycles. The second-order valence-electron chi connectivity index (χ2n) is 6.99. The molecule has 1 unspecified atom stereocenters. The number of hydrogen-bond donors (Lipinski definition) is 0. The highest BCUT2D eigenvalue weighted by atomic mass is 28.4. The maximum Gasteiger partial charge on any atom is 0.311 e. The zero-order valence-corrected chi connectivity index (χ0v) is 15.7. The highest BCUT2D eigenvalue weighted by Gasteiger charge is 2.33. The maximum absolute atomic E-state index is 12.4. The van der Waals surface area contributed by atoms with Crippen molar-refractivity contribution in [3.8, 4) is 0 Å². The van der Waals surface area contributed by atoms with Gasteiger partial charge in [-0.3, -0.25) is 9.59 Å². The van der Waals surface area contributed by atoms with E-state index in [1.165, 1.54) is 0 Å². The van der Waals surface area contributed by atoms with Gasteiger partial charge < -0.3 is 8.99 Å². The summed E-state index contributed by atoms with van der Waals surface area (Å²) in [6, 6.07) is 0. The van der Waals surface area contributed by atoms with Crippen LogP contribution in [0.25, 0.3) is 0 Å². The second-order valence-corrected chi connectivity index (χ2v) is 16.3. The van der Waals surface area contributed by atoms with Crippen LogP contribution >= 0.6 is 0 Å². The largest absolute Gasteiger partial charge is 0.519 e. The molecule has 0 bridgehead atoms. The van der Waals surface area contributed by atoms with Crippen LogP contribution in [0.3, 0.4) is 0 Å². The summed E-state index contributed by atoms with van der Waals surface area (Å²) in [5.41, 5.74) is 0. The Morgan fingerprint density at radius 3 is 1.89 bits per heavy atom. The van der Waals surface area contributed by atoms with Crippen molar-refractivity contribution in [1.82, 2.24) is 4.57 Å². The molecule has 0 aliphatic heterocycles. The van der Waals surface area contributed by atoms with E-state index >= 15 is 0 Å². The minimum absolute atomic E-state index is 0.0357. The average Bonchev–Trinajstić information content (AvgIpc) is 2.19. The number of carbonyl (C=O) groups excluding carboxylic acids is 2. The number of rotatable bonds is 6. The Morgan fingerprint density at radius 2 is 1.58 bits per heavy atom. The molecule has 112 valence electrons. The molecule has 0 radical (unpaired) electrons. The molecule has 0 saturated carbocycles. The van der Waals surface area contributed by atoms with Gasteiger partial charge in [0.25, 0.3) is 0 Å². The predicted molar refractivity (Wildman–Crippen MR) is 84.0 cm³/mol. The third-order valence-electron chi connectivity index (χ3n) is 2.82. The molecule has 0 aromatic rings. The quantitative estimate of drug-likeness (QED) is 0.708. The zero-order valence-electron chi connectivity index (χ0n) is 13.7. The van der Waals surface area contributed by atoms with Crippen molar-refractivity contribution in [3.05, 3.63) is 0 Å². The summed E-state index contributed by atoms with van der Waals surface area (Å²) in [6.45, 7) is 16.2. The van der Waals surface area contributed by atoms with Gasteiger partial charge in [0.15, 0.2) is 8.24 Å². The van der Waals surface area contributed by atoms with Crippen LogP contribution in [0.4, 0.5) is 0 Å². The van der Waals surface area contributed by atoms with Crippen LogP contribution < -0.4 is 0 Å². The summed E-state index contributed by atoms with van der Waals surface area (Å²) in [5.74, 6) is -0.223. The second kappa shape index (κ2) is 6.70. The third-order valence-corrected chi connectivity index (χ3v) is 5.66. The van der Waals surface area contributed by atoms with Crippen molar-refractivity contribution in [2.24, 2.45) is 5.92 Å². The van der Waals surface area contributed by atoms with Gasteiger partial charge in [0.2, 0.25) is 14.2 Å². The van der Waals surface area contributed by atoms with Crippen molar-refractivity contribution in [1.29, 1.82) is 0 Å². The van der Waals surface area contributed by atoms with Crippen LogP contribution in [0, 0.1) is 5.92 Å². The minimum atomic E-state index is -1.89. The normalized spacial score (nSPS) is 13.9. The van der Waals surface area contributed by atoms with Gasteiger partial charge in [-0.05, 0) is 26.1 Å². The van der Waals surface area contributed by atoms with E-state index < -0.39 is 16.6 Å². The lowest BCUT2D eigenvalue weighted by molar-refractivity contribution is -0.141. The Kier molecular flexibility index (Phi) is 6.48. The molecule has 0 aliphatic rings. The fraction of sp³-hybridized carbons (Fsp3) is 0.846. The standard InChI is InChI=1S/C13H29NO3Si2/c1-9-11(2)13(16)14(18(3,4)5)10-12(15)17-19(6,7)8/h11H,9-10H2,1-8H3. The molecular formula is C13H29NO3Si2. The van der Waals surface area contributed by atoms with Gasteiger partial charge >= 0.3 is 5.97 Å². The SMILES string of the molecule is CCC(C)C(=O)N(CC(=O)O[Si](C)(C)C)[Si](C)(C)C. The smallest absolute Gasteiger partial charge is 0.311 e. The first-order valence-electron chi connectivity index (χ1n) is 6.91. The number of amides is 1. The minimum Gasteiger partial charge on any atom is -0.519 e. The number of carbonyl (C=O) groups is 2. The van der Waals surface area contributed by atoms with E-state index in [1.807, 2.05) is 33.5 Å². The summed E-state index contributed by atoms with van der Waals surface area (Å²) < 4.78 is 7.22. The van der Waals surface area contributed by atoms with Gasteiger partial charge in [-0.25, -0.2) is 0 Å². The first-order valence-corrected chi connectivity index (χ1v) is 13.8. The molecule has 4 nitrogen and oxygen atoms in total. The zero-order chi connectivity index (χ0) is 15.4. The molecule has 0 aliphatic carbocycles. The van der Waals surface area contributed by atoms with Gasteiger partial charge in [0, 0.05) is 5.92 Å². The van der Waals surface area contributed by atoms with E-state index in [1.54, 1.807) is 4.57 Å². The first-order chi connectivity index (χ1) is 8.38. The number of hydrogen-bond acceptors (Lipinski definition) is 3. The van der Waals surface area contributed by atoms with E-state index in [-0.39, 0.29) is 24.3 Å². The lowest BCUT2D eigenvalue weighted by Gasteiger charge is -2.36. The van der Waals surface area contributed by atoms with E-state index in [9.17, 15) is 9.59 Å². The summed E-state index contributed by atoms with van der Waals surface area (Å²) in [5, 5.41) is 0. The molecule has 1 atom stereocenters. The van der Waals surface area contributed by atoms with Crippen LogP contribution in [0.15, 0.2) is 0 Å². The molecule has 0 spiro atoms. The molecule has 0 heterocycles. The summed E-state index contributed by atoms with van der Waals surface area (Å²) in [4.78, 5) is 24.4. The number of nitrogens with zero attached hydrogens (tertiary/aromatic N) is 1. The monoisotopic (exact) mass is 303 g/mol. The molecule has 6 heteroatoms. The Morgan fingerprint density at radius 1 is 1.11 bits per heavy atom. The molecule has 0 rings (SSSR count). The van der Waals surface area contributed by atoms with E-state index in [4.69, 9.17) is 4.43 Å². The van der Waals surface area contributed by atoms with E-state index in [2.05, 4.69) is 19.6 Å². The summed E-state index contributed by atoms with van der Waals surface area (Å²) >= 11 is 0. The molecule has 19 heavy (non-hydrogen) atoms. The van der Waals surface area contributed by atoms with Crippen molar-refractivity contribution in [3.63, 3.8) is 0 Å². The van der Waals surface area contributed by atoms with Gasteiger partial charge in [-0.15, -0.1) is 0 Å². The van der Waals surface area contributed by atoms with Crippen molar-refractivity contribution in [2.75, 3.05) is 6.54 Å². The van der Waals surface area contributed by atoms with Crippen molar-refractivity contribution < 1.29 is 14.0 Å². The van der Waals surface area contributed by atoms with Gasteiger partial charge in [-0.2, -0.15) is 0 Å². The molecule has 0 aromatic heterocycles. The van der Waals surface area contributed by atoms with Gasteiger partial charge in [-0.1, -0.05) is 33.5 Å². The van der Waals surface area contributed by atoms with Crippen LogP contribution in [0.2, 0.25) is 39.3 Å². The lowest BCUT2D eigenvalue weighted by Crippen LogP contribution is -2.54. The topological polar surface area (TPSA) is 46.6 Å².